The van der Waals surface area contributed by atoms with E-state index in [2.05, 4.69) is 5.32 Å². The Morgan fingerprint density at radius 2 is 1.42 bits per heavy atom. The number of halogens is 4. The molecule has 0 radical (unpaired) electrons. The van der Waals surface area contributed by atoms with E-state index in [1.54, 1.807) is 0 Å². The van der Waals surface area contributed by atoms with Crippen LogP contribution >= 0.6 is 0 Å². The predicted molar refractivity (Wildman–Crippen MR) is 78.1 cm³/mol. The van der Waals surface area contributed by atoms with Gasteiger partial charge in [-0.15, -0.1) is 0 Å². The van der Waals surface area contributed by atoms with E-state index in [1.165, 1.54) is 6.07 Å². The summed E-state index contributed by atoms with van der Waals surface area (Å²) in [4.78, 5) is 23.2. The highest BCUT2D eigenvalue weighted by Crippen LogP contribution is 2.16. The van der Waals surface area contributed by atoms with E-state index in [0.717, 1.165) is 30.3 Å². The molecule has 8 heteroatoms. The second-order valence-electron chi connectivity index (χ2n) is 4.76. The average molecular weight is 340 g/mol. The molecule has 0 bridgehead atoms. The Bertz CT molecular complexity index is 760. The first kappa shape index (κ1) is 17.5. The molecule has 0 saturated carbocycles. The van der Waals surface area contributed by atoms with Gasteiger partial charge in [0, 0.05) is 12.1 Å². The number of benzene rings is 2. The van der Waals surface area contributed by atoms with Crippen molar-refractivity contribution < 1.29 is 27.2 Å². The third-order valence-electron chi connectivity index (χ3n) is 3.13. The number of amides is 2. The third-order valence-corrected chi connectivity index (χ3v) is 3.13. The lowest BCUT2D eigenvalue weighted by Gasteiger charge is -2.08. The first-order chi connectivity index (χ1) is 11.4. The first-order valence-corrected chi connectivity index (χ1v) is 6.86. The van der Waals surface area contributed by atoms with Gasteiger partial charge in [0.15, 0.2) is 11.6 Å². The van der Waals surface area contributed by atoms with Crippen molar-refractivity contribution in [3.8, 4) is 0 Å². The second-order valence-corrected chi connectivity index (χ2v) is 4.76. The fraction of sp³-hybridized carbons (Fsp3) is 0.125. The first-order valence-electron chi connectivity index (χ1n) is 6.86. The summed E-state index contributed by atoms with van der Waals surface area (Å²) in [6, 6.07) is 6.44. The molecule has 2 aromatic rings. The van der Waals surface area contributed by atoms with E-state index < -0.39 is 40.8 Å². The average Bonchev–Trinajstić information content (AvgIpc) is 2.54. The molecule has 4 nitrogen and oxygen atoms in total. The minimum atomic E-state index is -1.30. The minimum absolute atomic E-state index is 0.175. The summed E-state index contributed by atoms with van der Waals surface area (Å²) in [5, 5.41) is 4.05. The van der Waals surface area contributed by atoms with Crippen LogP contribution in [0.25, 0.3) is 0 Å². The van der Waals surface area contributed by atoms with Gasteiger partial charge >= 0.3 is 11.8 Å². The Hall–Kier alpha value is -2.90. The number of rotatable bonds is 4. The van der Waals surface area contributed by atoms with Gasteiger partial charge in [-0.2, -0.15) is 0 Å². The van der Waals surface area contributed by atoms with Crippen LogP contribution in [0.1, 0.15) is 5.56 Å². The van der Waals surface area contributed by atoms with Gasteiger partial charge in [0.2, 0.25) is 0 Å². The molecule has 0 fully saturated rings. The Kier molecular flexibility index (Phi) is 5.51. The van der Waals surface area contributed by atoms with Crippen molar-refractivity contribution >= 4 is 17.5 Å². The highest BCUT2D eigenvalue weighted by atomic mass is 19.2. The summed E-state index contributed by atoms with van der Waals surface area (Å²) in [7, 11) is 0. The lowest BCUT2D eigenvalue weighted by atomic mass is 10.1. The molecule has 0 aliphatic carbocycles. The smallest absolute Gasteiger partial charge is 0.313 e. The van der Waals surface area contributed by atoms with Crippen LogP contribution in [0.4, 0.5) is 23.2 Å². The summed E-state index contributed by atoms with van der Waals surface area (Å²) in [6.45, 7) is -0.213. The van der Waals surface area contributed by atoms with Gasteiger partial charge in [-0.05, 0) is 30.7 Å². The lowest BCUT2D eigenvalue weighted by molar-refractivity contribution is -0.136. The molecular weight excluding hydrogens is 328 g/mol. The fourth-order valence-electron chi connectivity index (χ4n) is 1.93. The zero-order chi connectivity index (χ0) is 17.7. The molecule has 2 aromatic carbocycles. The Labute approximate surface area is 134 Å². The molecule has 24 heavy (non-hydrogen) atoms. The maximum atomic E-state index is 13.4. The number of carbonyl (C=O) groups is 2. The van der Waals surface area contributed by atoms with Gasteiger partial charge in [-0.3, -0.25) is 9.59 Å². The highest BCUT2D eigenvalue weighted by molar-refractivity contribution is 6.39. The lowest BCUT2D eigenvalue weighted by Crippen LogP contribution is -2.36. The van der Waals surface area contributed by atoms with E-state index in [4.69, 9.17) is 0 Å². The molecule has 0 spiro atoms. The fourth-order valence-corrected chi connectivity index (χ4v) is 1.93. The molecule has 2 amide bonds. The van der Waals surface area contributed by atoms with Crippen molar-refractivity contribution in [3.05, 3.63) is 65.2 Å². The predicted octanol–water partition coefficient (Wildman–Crippen LogP) is 2.54. The van der Waals surface area contributed by atoms with E-state index in [9.17, 15) is 27.2 Å². The van der Waals surface area contributed by atoms with Crippen LogP contribution in [0.2, 0.25) is 0 Å². The zero-order valence-electron chi connectivity index (χ0n) is 12.2. The number of nitrogens with one attached hydrogen (secondary N) is 2. The Balaban J connectivity index is 1.90. The van der Waals surface area contributed by atoms with Crippen LogP contribution in [0.3, 0.4) is 0 Å². The molecular formula is C16H12F4N2O2. The summed E-state index contributed by atoms with van der Waals surface area (Å²) >= 11 is 0. The molecule has 0 heterocycles. The Morgan fingerprint density at radius 3 is 2.08 bits per heavy atom. The van der Waals surface area contributed by atoms with Crippen LogP contribution in [0.15, 0.2) is 36.4 Å². The topological polar surface area (TPSA) is 58.2 Å². The van der Waals surface area contributed by atoms with E-state index in [0.29, 0.717) is 0 Å². The van der Waals surface area contributed by atoms with Gasteiger partial charge in [0.1, 0.15) is 11.6 Å². The van der Waals surface area contributed by atoms with E-state index in [1.807, 2.05) is 5.32 Å². The van der Waals surface area contributed by atoms with Crippen LogP contribution < -0.4 is 10.6 Å². The summed E-state index contributed by atoms with van der Waals surface area (Å²) in [5.41, 5.74) is -0.718. The van der Waals surface area contributed by atoms with Crippen LogP contribution in [0, 0.1) is 23.3 Å². The summed E-state index contributed by atoms with van der Waals surface area (Å²) in [5.74, 6) is -6.38. The van der Waals surface area contributed by atoms with Gasteiger partial charge in [-0.1, -0.05) is 12.1 Å². The van der Waals surface area contributed by atoms with Crippen molar-refractivity contribution in [2.45, 2.75) is 6.42 Å². The molecule has 0 atom stereocenters. The largest absolute Gasteiger partial charge is 0.347 e. The molecule has 0 aromatic heterocycles. The quantitative estimate of drug-likeness (QED) is 0.664. The number of hydrogen-bond donors (Lipinski definition) is 2. The van der Waals surface area contributed by atoms with Crippen molar-refractivity contribution in [2.75, 3.05) is 11.9 Å². The van der Waals surface area contributed by atoms with Crippen molar-refractivity contribution in [2.24, 2.45) is 0 Å². The van der Waals surface area contributed by atoms with Gasteiger partial charge in [-0.25, -0.2) is 17.6 Å². The number of anilines is 1. The maximum Gasteiger partial charge on any atom is 0.313 e. The van der Waals surface area contributed by atoms with Crippen LogP contribution in [0.5, 0.6) is 0 Å². The highest BCUT2D eigenvalue weighted by Gasteiger charge is 2.17. The summed E-state index contributed by atoms with van der Waals surface area (Å²) in [6.07, 6.45) is -0.175. The summed E-state index contributed by atoms with van der Waals surface area (Å²) < 4.78 is 53.2. The standard InChI is InChI=1S/C16H12F4N2O2/c17-10-3-1-4-11(18)9(10)7-8-21-15(23)16(24)22-13-6-2-5-12(19)14(13)20/h1-6H,7-8H2,(H,21,23)(H,22,24). The molecule has 2 N–H and O–H groups in total. The van der Waals surface area contributed by atoms with Crippen LogP contribution in [-0.4, -0.2) is 18.4 Å². The molecule has 0 aliphatic rings. The van der Waals surface area contributed by atoms with Crippen molar-refractivity contribution in [1.29, 1.82) is 0 Å². The number of carbonyl (C=O) groups excluding carboxylic acids is 2. The zero-order valence-corrected chi connectivity index (χ0v) is 12.2. The SMILES string of the molecule is O=C(NCCc1c(F)cccc1F)C(=O)Nc1cccc(F)c1F. The van der Waals surface area contributed by atoms with E-state index >= 15 is 0 Å². The molecule has 0 aliphatic heterocycles. The maximum absolute atomic E-state index is 13.4. The molecule has 0 saturated heterocycles. The van der Waals surface area contributed by atoms with Gasteiger partial charge in [0.05, 0.1) is 5.69 Å². The monoisotopic (exact) mass is 340 g/mol. The minimum Gasteiger partial charge on any atom is -0.347 e. The van der Waals surface area contributed by atoms with Gasteiger partial charge in [0.25, 0.3) is 0 Å². The van der Waals surface area contributed by atoms with Crippen molar-refractivity contribution in [1.82, 2.24) is 5.32 Å². The molecule has 2 rings (SSSR count). The van der Waals surface area contributed by atoms with Crippen LogP contribution in [-0.2, 0) is 16.0 Å². The number of hydrogen-bond acceptors (Lipinski definition) is 2. The molecule has 0 unspecified atom stereocenters. The normalized spacial score (nSPS) is 10.3. The van der Waals surface area contributed by atoms with Gasteiger partial charge < -0.3 is 10.6 Å². The van der Waals surface area contributed by atoms with E-state index in [-0.39, 0.29) is 18.5 Å². The van der Waals surface area contributed by atoms with Crippen molar-refractivity contribution in [3.63, 3.8) is 0 Å². The second kappa shape index (κ2) is 7.58. The molecule has 126 valence electrons. The Morgan fingerprint density at radius 1 is 0.833 bits per heavy atom. The third kappa shape index (κ3) is 4.09.